The highest BCUT2D eigenvalue weighted by atomic mass is 15.1. The number of hydrogen-bond donors (Lipinski definition) is 0. The number of benzene rings is 8. The predicted molar refractivity (Wildman–Crippen MR) is 220 cm³/mol. The third-order valence-corrected chi connectivity index (χ3v) is 11.5. The molecule has 0 saturated carbocycles. The number of fused-ring (bicyclic) bond motifs is 17. The highest BCUT2D eigenvalue weighted by Crippen LogP contribution is 2.48. The maximum absolute atomic E-state index is 2.60. The summed E-state index contributed by atoms with van der Waals surface area (Å²) in [6.07, 6.45) is 0. The first kappa shape index (κ1) is 28.0. The first-order valence-corrected chi connectivity index (χ1v) is 18.1. The molecule has 4 heteroatoms. The van der Waals surface area contributed by atoms with Gasteiger partial charge in [0, 0.05) is 55.4 Å². The van der Waals surface area contributed by atoms with E-state index in [-0.39, 0.29) is 6.85 Å². The van der Waals surface area contributed by atoms with Crippen molar-refractivity contribution in [3.05, 3.63) is 182 Å². The second kappa shape index (κ2) is 10.4. The first-order chi connectivity index (χ1) is 25.8. The van der Waals surface area contributed by atoms with Crippen molar-refractivity contribution in [2.45, 2.75) is 0 Å². The number of nitrogens with zero attached hydrogens (tertiary/aromatic N) is 3. The van der Waals surface area contributed by atoms with E-state index in [4.69, 9.17) is 0 Å². The number of hydrogen-bond acceptors (Lipinski definition) is 1. The molecule has 2 aliphatic rings. The van der Waals surface area contributed by atoms with Gasteiger partial charge in [-0.25, -0.2) is 0 Å². The van der Waals surface area contributed by atoms with Gasteiger partial charge < -0.3 is 13.9 Å². The van der Waals surface area contributed by atoms with Crippen molar-refractivity contribution >= 4 is 72.8 Å². The minimum absolute atomic E-state index is 0.0607. The molecular weight excluding hydrogens is 629 g/mol. The number of para-hydroxylation sites is 4. The van der Waals surface area contributed by atoms with E-state index in [2.05, 4.69) is 196 Å². The molecule has 0 radical (unpaired) electrons. The zero-order valence-corrected chi connectivity index (χ0v) is 28.2. The van der Waals surface area contributed by atoms with E-state index in [1.165, 1.54) is 99.5 Å². The molecular formula is C48H30BN3. The maximum atomic E-state index is 2.60. The number of anilines is 2. The number of rotatable bonds is 2. The van der Waals surface area contributed by atoms with Crippen LogP contribution < -0.4 is 15.7 Å². The lowest BCUT2D eigenvalue weighted by Gasteiger charge is -2.43. The van der Waals surface area contributed by atoms with E-state index in [0.29, 0.717) is 0 Å². The zero-order valence-electron chi connectivity index (χ0n) is 28.2. The molecule has 3 nitrogen and oxygen atoms in total. The second-order valence-corrected chi connectivity index (χ2v) is 14.1. The van der Waals surface area contributed by atoms with E-state index in [1.54, 1.807) is 0 Å². The summed E-state index contributed by atoms with van der Waals surface area (Å²) in [4.78, 5) is 2.60. The standard InChI is InChI=1S/C48H30BN3/c1-7-19-41-33(13-1)39-29-31(50-43-21-9-3-15-35(43)36-16-4-10-22-44(36)50)25-27-47(39)52-48-28-26-32(30-40(48)34-14-2-8-20-42(34)49(41)52)51-45-23-11-5-17-37(45)38-18-6-12-24-46(38)51/h1-30H. The average Bonchev–Trinajstić information content (AvgIpc) is 3.73. The van der Waals surface area contributed by atoms with Crippen LogP contribution in [0.5, 0.6) is 0 Å². The molecule has 12 rings (SSSR count). The Morgan fingerprint density at radius 2 is 0.654 bits per heavy atom. The third-order valence-electron chi connectivity index (χ3n) is 11.5. The summed E-state index contributed by atoms with van der Waals surface area (Å²) in [5.41, 5.74) is 17.4. The van der Waals surface area contributed by atoms with Gasteiger partial charge in [0.25, 0.3) is 0 Å². The summed E-state index contributed by atoms with van der Waals surface area (Å²) in [6, 6.07) is 67.3. The van der Waals surface area contributed by atoms with Crippen LogP contribution in [-0.2, 0) is 0 Å². The fourth-order valence-electron chi connectivity index (χ4n) is 9.39. The van der Waals surface area contributed by atoms with Crippen LogP contribution in [-0.4, -0.2) is 16.0 Å². The van der Waals surface area contributed by atoms with Crippen LogP contribution in [0.4, 0.5) is 11.4 Å². The van der Waals surface area contributed by atoms with E-state index in [1.807, 2.05) is 0 Å². The van der Waals surface area contributed by atoms with Crippen LogP contribution in [0.2, 0.25) is 0 Å². The Morgan fingerprint density at radius 3 is 1.06 bits per heavy atom. The average molecular weight is 660 g/mol. The molecule has 0 fully saturated rings. The van der Waals surface area contributed by atoms with Crippen molar-refractivity contribution in [1.29, 1.82) is 0 Å². The molecule has 0 atom stereocenters. The van der Waals surface area contributed by atoms with E-state index >= 15 is 0 Å². The lowest BCUT2D eigenvalue weighted by Crippen LogP contribution is -2.59. The number of aromatic nitrogens is 2. The smallest absolute Gasteiger partial charge is 0.329 e. The Balaban J connectivity index is 1.11. The molecule has 0 saturated heterocycles. The molecule has 0 N–H and O–H groups in total. The Bertz CT molecular complexity index is 2800. The summed E-state index contributed by atoms with van der Waals surface area (Å²) in [5, 5.41) is 5.10. The van der Waals surface area contributed by atoms with Crippen LogP contribution in [0.25, 0.3) is 77.2 Å². The molecule has 4 heterocycles. The van der Waals surface area contributed by atoms with E-state index in [0.717, 1.165) is 0 Å². The molecule has 0 spiro atoms. The quantitative estimate of drug-likeness (QED) is 0.168. The van der Waals surface area contributed by atoms with Crippen molar-refractivity contribution < 1.29 is 0 Å². The molecule has 0 amide bonds. The molecule has 0 bridgehead atoms. The van der Waals surface area contributed by atoms with Gasteiger partial charge in [0.1, 0.15) is 0 Å². The van der Waals surface area contributed by atoms with Gasteiger partial charge in [-0.2, -0.15) is 0 Å². The Kier molecular flexibility index (Phi) is 5.58. The topological polar surface area (TPSA) is 13.1 Å². The summed E-state index contributed by atoms with van der Waals surface area (Å²) < 4.78 is 4.86. The van der Waals surface area contributed by atoms with Gasteiger partial charge in [-0.15, -0.1) is 0 Å². The minimum atomic E-state index is 0.0607. The van der Waals surface area contributed by atoms with Crippen LogP contribution in [0.3, 0.4) is 0 Å². The molecule has 240 valence electrons. The molecule has 10 aromatic rings. The molecule has 2 aliphatic heterocycles. The van der Waals surface area contributed by atoms with Gasteiger partial charge in [-0.3, -0.25) is 0 Å². The largest absolute Gasteiger partial charge is 0.376 e. The highest BCUT2D eigenvalue weighted by Gasteiger charge is 2.42. The van der Waals surface area contributed by atoms with Gasteiger partial charge in [0.15, 0.2) is 0 Å². The van der Waals surface area contributed by atoms with Gasteiger partial charge >= 0.3 is 6.85 Å². The van der Waals surface area contributed by atoms with Crippen LogP contribution in [0, 0.1) is 0 Å². The molecule has 52 heavy (non-hydrogen) atoms. The van der Waals surface area contributed by atoms with Crippen molar-refractivity contribution in [3.63, 3.8) is 0 Å². The molecule has 2 aromatic heterocycles. The molecule has 0 unspecified atom stereocenters. The Morgan fingerprint density at radius 1 is 0.308 bits per heavy atom. The summed E-state index contributed by atoms with van der Waals surface area (Å²) in [5.74, 6) is 0. The summed E-state index contributed by atoms with van der Waals surface area (Å²) >= 11 is 0. The van der Waals surface area contributed by atoms with Crippen LogP contribution >= 0.6 is 0 Å². The van der Waals surface area contributed by atoms with Crippen molar-refractivity contribution in [3.8, 4) is 33.6 Å². The van der Waals surface area contributed by atoms with Gasteiger partial charge in [0.2, 0.25) is 0 Å². The lowest BCUT2D eigenvalue weighted by molar-refractivity contribution is 1.17. The SMILES string of the molecule is c1ccc2c(c1)B1c3ccccc3-c3cc(-n4c5ccccc5c5ccccc54)ccc3N1c1ccc(-n3c4ccccc4c4ccccc43)cc1-2. The highest BCUT2D eigenvalue weighted by molar-refractivity contribution is 6.92. The minimum Gasteiger partial charge on any atom is -0.376 e. The third kappa shape index (κ3) is 3.65. The monoisotopic (exact) mass is 659 g/mol. The Hall–Kier alpha value is -6.78. The van der Waals surface area contributed by atoms with Crippen LogP contribution in [0.15, 0.2) is 182 Å². The summed E-state index contributed by atoms with van der Waals surface area (Å²) in [6.45, 7) is 0.0607. The fourth-order valence-corrected chi connectivity index (χ4v) is 9.39. The fraction of sp³-hybridized carbons (Fsp3) is 0. The summed E-state index contributed by atoms with van der Waals surface area (Å²) in [7, 11) is 0. The van der Waals surface area contributed by atoms with Gasteiger partial charge in [0.05, 0.1) is 22.1 Å². The van der Waals surface area contributed by atoms with Crippen molar-refractivity contribution in [1.82, 2.24) is 9.13 Å². The first-order valence-electron chi connectivity index (χ1n) is 18.1. The maximum Gasteiger partial charge on any atom is 0.329 e. The van der Waals surface area contributed by atoms with E-state index < -0.39 is 0 Å². The van der Waals surface area contributed by atoms with E-state index in [9.17, 15) is 0 Å². The lowest BCUT2D eigenvalue weighted by atomic mass is 9.43. The Labute approximate surface area is 301 Å². The van der Waals surface area contributed by atoms with Gasteiger partial charge in [-0.05, 0) is 82.7 Å². The normalized spacial score (nSPS) is 12.9. The molecule has 0 aliphatic carbocycles. The second-order valence-electron chi connectivity index (χ2n) is 14.1. The molecule has 8 aromatic carbocycles. The van der Waals surface area contributed by atoms with Gasteiger partial charge in [-0.1, -0.05) is 121 Å². The zero-order chi connectivity index (χ0) is 33.9. The van der Waals surface area contributed by atoms with Crippen LogP contribution in [0.1, 0.15) is 0 Å². The predicted octanol–water partition coefficient (Wildman–Crippen LogP) is 10.8. The van der Waals surface area contributed by atoms with Crippen molar-refractivity contribution in [2.75, 3.05) is 4.81 Å². The van der Waals surface area contributed by atoms with Crippen molar-refractivity contribution in [2.24, 2.45) is 0 Å².